The van der Waals surface area contributed by atoms with Crippen LogP contribution in [0, 0.1) is 12.3 Å². The smallest absolute Gasteiger partial charge is 0.147 e. The van der Waals surface area contributed by atoms with E-state index in [1.54, 1.807) is 43.3 Å². The molecule has 0 aliphatic rings. The standard InChI is InChI=1S/C16H13ClO2/c1-3-16(2,18)12-7-9-14(10-8-12)19-15-6-4-5-13(17)11-15/h1,4-11,18H,2H3. The summed E-state index contributed by atoms with van der Waals surface area (Å²) >= 11 is 5.88. The third kappa shape index (κ3) is 3.29. The first-order chi connectivity index (χ1) is 9.01. The third-order valence-electron chi connectivity index (χ3n) is 2.73. The largest absolute Gasteiger partial charge is 0.457 e. The molecular weight excluding hydrogens is 260 g/mol. The Kier molecular flexibility index (Phi) is 3.80. The van der Waals surface area contributed by atoms with Crippen molar-refractivity contribution in [2.24, 2.45) is 0 Å². The van der Waals surface area contributed by atoms with Gasteiger partial charge >= 0.3 is 0 Å². The summed E-state index contributed by atoms with van der Waals surface area (Å²) in [5.41, 5.74) is -0.623. The summed E-state index contributed by atoms with van der Waals surface area (Å²) in [6, 6.07) is 14.1. The van der Waals surface area contributed by atoms with Gasteiger partial charge in [0.1, 0.15) is 17.1 Å². The van der Waals surface area contributed by atoms with E-state index in [-0.39, 0.29) is 0 Å². The first-order valence-corrected chi connectivity index (χ1v) is 6.13. The van der Waals surface area contributed by atoms with Crippen LogP contribution in [0.5, 0.6) is 11.5 Å². The maximum Gasteiger partial charge on any atom is 0.147 e. The minimum atomic E-state index is -1.27. The summed E-state index contributed by atoms with van der Waals surface area (Å²) < 4.78 is 5.64. The van der Waals surface area contributed by atoms with Crippen LogP contribution in [0.3, 0.4) is 0 Å². The zero-order valence-corrected chi connectivity index (χ0v) is 11.2. The molecule has 0 saturated carbocycles. The van der Waals surface area contributed by atoms with E-state index in [0.717, 1.165) is 0 Å². The van der Waals surface area contributed by atoms with Gasteiger partial charge < -0.3 is 9.84 Å². The molecule has 2 rings (SSSR count). The Morgan fingerprint density at radius 1 is 1.16 bits per heavy atom. The third-order valence-corrected chi connectivity index (χ3v) is 2.96. The number of halogens is 1. The SMILES string of the molecule is C#CC(C)(O)c1ccc(Oc2cccc(Cl)c2)cc1. The summed E-state index contributed by atoms with van der Waals surface area (Å²) in [5, 5.41) is 10.5. The molecule has 0 aromatic heterocycles. The van der Waals surface area contributed by atoms with E-state index < -0.39 is 5.60 Å². The fourth-order valence-electron chi connectivity index (χ4n) is 1.60. The minimum absolute atomic E-state index is 0.615. The highest BCUT2D eigenvalue weighted by atomic mass is 35.5. The highest BCUT2D eigenvalue weighted by molar-refractivity contribution is 6.30. The number of benzene rings is 2. The van der Waals surface area contributed by atoms with Gasteiger partial charge in [0.05, 0.1) is 0 Å². The lowest BCUT2D eigenvalue weighted by Crippen LogP contribution is -2.17. The second kappa shape index (κ2) is 5.36. The number of ether oxygens (including phenoxy) is 1. The van der Waals surface area contributed by atoms with Gasteiger partial charge in [-0.05, 0) is 42.8 Å². The van der Waals surface area contributed by atoms with Crippen LogP contribution < -0.4 is 4.74 Å². The van der Waals surface area contributed by atoms with Crippen LogP contribution in [0.2, 0.25) is 5.02 Å². The van der Waals surface area contributed by atoms with Crippen LogP contribution in [0.25, 0.3) is 0 Å². The molecule has 0 bridgehead atoms. The summed E-state index contributed by atoms with van der Waals surface area (Å²) in [5.74, 6) is 3.64. The van der Waals surface area contributed by atoms with Crippen LogP contribution >= 0.6 is 11.6 Å². The van der Waals surface area contributed by atoms with Gasteiger partial charge in [-0.15, -0.1) is 6.42 Å². The van der Waals surface area contributed by atoms with Crippen molar-refractivity contribution in [2.75, 3.05) is 0 Å². The minimum Gasteiger partial charge on any atom is -0.457 e. The van der Waals surface area contributed by atoms with Crippen molar-refractivity contribution in [3.8, 4) is 23.8 Å². The van der Waals surface area contributed by atoms with Gasteiger partial charge in [0.15, 0.2) is 0 Å². The molecule has 0 aliphatic heterocycles. The summed E-state index contributed by atoms with van der Waals surface area (Å²) in [6.07, 6.45) is 5.27. The number of hydrogen-bond acceptors (Lipinski definition) is 2. The van der Waals surface area contributed by atoms with Gasteiger partial charge in [-0.2, -0.15) is 0 Å². The predicted octanol–water partition coefficient (Wildman–Crippen LogP) is 3.97. The second-order valence-corrected chi connectivity index (χ2v) is 4.74. The van der Waals surface area contributed by atoms with Crippen molar-refractivity contribution < 1.29 is 9.84 Å². The molecule has 0 saturated heterocycles. The van der Waals surface area contributed by atoms with Gasteiger partial charge in [-0.25, -0.2) is 0 Å². The molecule has 2 aromatic rings. The Labute approximate surface area is 117 Å². The van der Waals surface area contributed by atoms with E-state index in [1.165, 1.54) is 0 Å². The van der Waals surface area contributed by atoms with Crippen LogP contribution in [0.1, 0.15) is 12.5 Å². The van der Waals surface area contributed by atoms with E-state index in [4.69, 9.17) is 22.8 Å². The van der Waals surface area contributed by atoms with E-state index in [9.17, 15) is 5.11 Å². The fourth-order valence-corrected chi connectivity index (χ4v) is 1.78. The van der Waals surface area contributed by atoms with Crippen molar-refractivity contribution in [1.29, 1.82) is 0 Å². The molecule has 96 valence electrons. The van der Waals surface area contributed by atoms with Gasteiger partial charge in [-0.3, -0.25) is 0 Å². The zero-order valence-electron chi connectivity index (χ0n) is 10.4. The first kappa shape index (κ1) is 13.5. The number of aliphatic hydroxyl groups is 1. The molecule has 2 aromatic carbocycles. The Hall–Kier alpha value is -1.95. The maximum atomic E-state index is 9.92. The molecule has 1 atom stereocenters. The van der Waals surface area contributed by atoms with E-state index >= 15 is 0 Å². The molecule has 1 unspecified atom stereocenters. The second-order valence-electron chi connectivity index (χ2n) is 4.30. The number of rotatable bonds is 3. The Balaban J connectivity index is 2.18. The monoisotopic (exact) mass is 272 g/mol. The topological polar surface area (TPSA) is 29.5 Å². The lowest BCUT2D eigenvalue weighted by molar-refractivity contribution is 0.122. The fraction of sp³-hybridized carbons (Fsp3) is 0.125. The van der Waals surface area contributed by atoms with Crippen molar-refractivity contribution >= 4 is 11.6 Å². The Morgan fingerprint density at radius 2 is 1.84 bits per heavy atom. The first-order valence-electron chi connectivity index (χ1n) is 5.75. The van der Waals surface area contributed by atoms with Gasteiger partial charge in [0, 0.05) is 5.02 Å². The molecule has 1 N–H and O–H groups in total. The lowest BCUT2D eigenvalue weighted by atomic mass is 9.97. The van der Waals surface area contributed by atoms with Crippen molar-refractivity contribution in [3.63, 3.8) is 0 Å². The molecule has 2 nitrogen and oxygen atoms in total. The van der Waals surface area contributed by atoms with Crippen molar-refractivity contribution in [3.05, 3.63) is 59.1 Å². The molecule has 19 heavy (non-hydrogen) atoms. The van der Waals surface area contributed by atoms with Gasteiger partial charge in [0.25, 0.3) is 0 Å². The molecule has 0 amide bonds. The summed E-state index contributed by atoms with van der Waals surface area (Å²) in [7, 11) is 0. The lowest BCUT2D eigenvalue weighted by Gasteiger charge is -2.17. The molecule has 0 radical (unpaired) electrons. The summed E-state index contributed by atoms with van der Waals surface area (Å²) in [4.78, 5) is 0. The number of terminal acetylenes is 1. The predicted molar refractivity (Wildman–Crippen MR) is 76.4 cm³/mol. The average molecular weight is 273 g/mol. The van der Waals surface area contributed by atoms with Crippen molar-refractivity contribution in [2.45, 2.75) is 12.5 Å². The van der Waals surface area contributed by atoms with Crippen molar-refractivity contribution in [1.82, 2.24) is 0 Å². The molecule has 0 spiro atoms. The number of hydrogen-bond donors (Lipinski definition) is 1. The van der Waals surface area contributed by atoms with Crippen LogP contribution in [-0.4, -0.2) is 5.11 Å². The molecule has 3 heteroatoms. The maximum absolute atomic E-state index is 9.92. The van der Waals surface area contributed by atoms with Crippen LogP contribution in [-0.2, 0) is 5.60 Å². The Bertz CT molecular complexity index is 609. The van der Waals surface area contributed by atoms with E-state index in [1.807, 2.05) is 12.1 Å². The van der Waals surface area contributed by atoms with E-state index in [0.29, 0.717) is 22.1 Å². The highest BCUT2D eigenvalue weighted by Gasteiger charge is 2.19. The molecule has 0 aliphatic carbocycles. The summed E-state index contributed by atoms with van der Waals surface area (Å²) in [6.45, 7) is 1.57. The molecule has 0 fully saturated rings. The van der Waals surface area contributed by atoms with Crippen LogP contribution in [0.15, 0.2) is 48.5 Å². The van der Waals surface area contributed by atoms with Crippen LogP contribution in [0.4, 0.5) is 0 Å². The Morgan fingerprint density at radius 3 is 2.42 bits per heavy atom. The molecule has 0 heterocycles. The highest BCUT2D eigenvalue weighted by Crippen LogP contribution is 2.26. The van der Waals surface area contributed by atoms with E-state index in [2.05, 4.69) is 5.92 Å². The normalized spacial score (nSPS) is 13.4. The van der Waals surface area contributed by atoms with Gasteiger partial charge in [0.2, 0.25) is 0 Å². The van der Waals surface area contributed by atoms with Gasteiger partial charge in [-0.1, -0.05) is 35.7 Å². The zero-order chi connectivity index (χ0) is 13.9. The average Bonchev–Trinajstić information content (AvgIpc) is 2.39. The quantitative estimate of drug-likeness (QED) is 0.857. The molecular formula is C16H13ClO2.